The minimum atomic E-state index is 0.664. The van der Waals surface area contributed by atoms with Crippen LogP contribution in [0, 0.1) is 5.41 Å². The molecule has 0 aromatic carbocycles. The van der Waals surface area contributed by atoms with Gasteiger partial charge in [-0.25, -0.2) is 0 Å². The van der Waals surface area contributed by atoms with Gasteiger partial charge in [0.15, 0.2) is 0 Å². The normalized spacial score (nSPS) is 14.0. The molecule has 0 rings (SSSR count). The van der Waals surface area contributed by atoms with E-state index >= 15 is 0 Å². The fourth-order valence-corrected chi connectivity index (χ4v) is 1.58. The van der Waals surface area contributed by atoms with Crippen LogP contribution >= 0.6 is 25.3 Å². The Morgan fingerprint density at radius 1 is 1.06 bits per heavy atom. The smallest absolute Gasteiger partial charge is 0.0408 e. The van der Waals surface area contributed by atoms with E-state index in [2.05, 4.69) is 30.2 Å². The maximum absolute atomic E-state index is 7.21. The highest BCUT2D eigenvalue weighted by molar-refractivity contribution is 7.85. The van der Waals surface area contributed by atoms with Crippen LogP contribution in [0.4, 0.5) is 0 Å². The molecule has 0 aromatic heterocycles. The van der Waals surface area contributed by atoms with E-state index in [4.69, 9.17) is 5.41 Å². The second-order valence-corrected chi connectivity index (χ2v) is 4.70. The molecule has 0 saturated heterocycles. The molecule has 1 N–H and O–H groups in total. The Balaban J connectivity index is 5.03. The van der Waals surface area contributed by atoms with Crippen molar-refractivity contribution >= 4 is 37.7 Å². The van der Waals surface area contributed by atoms with Crippen LogP contribution in [0.15, 0.2) is 49.9 Å². The van der Waals surface area contributed by atoms with Gasteiger partial charge in [0.1, 0.15) is 0 Å². The van der Waals surface area contributed by atoms with E-state index in [1.165, 1.54) is 6.21 Å². The van der Waals surface area contributed by atoms with Gasteiger partial charge in [0.2, 0.25) is 0 Å². The summed E-state index contributed by atoms with van der Waals surface area (Å²) in [5.41, 5.74) is 2.85. The van der Waals surface area contributed by atoms with Crippen molar-refractivity contribution in [3.8, 4) is 0 Å². The Morgan fingerprint density at radius 2 is 1.61 bits per heavy atom. The average molecular weight is 280 g/mol. The van der Waals surface area contributed by atoms with Crippen LogP contribution < -0.4 is 0 Å². The number of allylic oxidation sites excluding steroid dienone is 5. The first-order valence-electron chi connectivity index (χ1n) is 5.60. The van der Waals surface area contributed by atoms with Gasteiger partial charge in [-0.1, -0.05) is 17.7 Å². The van der Waals surface area contributed by atoms with Crippen LogP contribution in [0.1, 0.15) is 27.7 Å². The molecule has 0 spiro atoms. The third-order valence-electron chi connectivity index (χ3n) is 2.23. The average Bonchev–Trinajstić information content (AvgIpc) is 2.35. The van der Waals surface area contributed by atoms with Gasteiger partial charge in [-0.15, -0.1) is 25.3 Å². The Labute approximate surface area is 121 Å². The molecule has 0 aliphatic rings. The van der Waals surface area contributed by atoms with Crippen molar-refractivity contribution in [3.05, 3.63) is 44.9 Å². The van der Waals surface area contributed by atoms with Crippen molar-refractivity contribution in [3.63, 3.8) is 0 Å². The lowest BCUT2D eigenvalue weighted by atomic mass is 10.2. The summed E-state index contributed by atoms with van der Waals surface area (Å²) in [6, 6.07) is 0. The van der Waals surface area contributed by atoms with Crippen molar-refractivity contribution in [2.45, 2.75) is 27.7 Å². The summed E-state index contributed by atoms with van der Waals surface area (Å²) in [4.78, 5) is 5.79. The third-order valence-corrected chi connectivity index (χ3v) is 3.31. The number of thiol groups is 2. The molecule has 0 aliphatic carbocycles. The summed E-state index contributed by atoms with van der Waals surface area (Å²) in [6.45, 7) is 7.82. The van der Waals surface area contributed by atoms with Crippen LogP contribution in [-0.4, -0.2) is 12.4 Å². The summed E-state index contributed by atoms with van der Waals surface area (Å²) >= 11 is 8.72. The molecule has 4 heteroatoms. The van der Waals surface area contributed by atoms with E-state index in [-0.39, 0.29) is 0 Å². The highest BCUT2D eigenvalue weighted by Crippen LogP contribution is 2.17. The molecule has 0 heterocycles. The maximum atomic E-state index is 7.21. The molecule has 0 unspecified atom stereocenters. The van der Waals surface area contributed by atoms with Gasteiger partial charge < -0.3 is 5.41 Å². The van der Waals surface area contributed by atoms with Gasteiger partial charge in [-0.3, -0.25) is 4.99 Å². The maximum Gasteiger partial charge on any atom is 0.0408 e. The Bertz CT molecular complexity index is 448. The van der Waals surface area contributed by atoms with Gasteiger partial charge in [0.25, 0.3) is 0 Å². The number of rotatable bonds is 5. The van der Waals surface area contributed by atoms with Crippen LogP contribution in [0.3, 0.4) is 0 Å². The predicted molar refractivity (Wildman–Crippen MR) is 89.2 cm³/mol. The quantitative estimate of drug-likeness (QED) is 0.374. The summed E-state index contributed by atoms with van der Waals surface area (Å²) in [5.74, 6) is 0. The Hall–Kier alpha value is -1.00. The zero-order valence-corrected chi connectivity index (χ0v) is 13.0. The summed E-state index contributed by atoms with van der Waals surface area (Å²) in [7, 11) is 0. The molecule has 0 aromatic rings. The molecule has 0 aliphatic heterocycles. The number of nitrogens with one attached hydrogen (secondary N) is 1. The summed E-state index contributed by atoms with van der Waals surface area (Å²) in [5, 5.41) is 7.21. The molecule has 0 bridgehead atoms. The van der Waals surface area contributed by atoms with Crippen molar-refractivity contribution in [2.75, 3.05) is 0 Å². The molecular weight excluding hydrogens is 260 g/mol. The van der Waals surface area contributed by atoms with Crippen LogP contribution in [0.2, 0.25) is 0 Å². The van der Waals surface area contributed by atoms with Crippen LogP contribution in [0.5, 0.6) is 0 Å². The highest BCUT2D eigenvalue weighted by atomic mass is 32.1. The van der Waals surface area contributed by atoms with E-state index < -0.39 is 0 Å². The number of hydrogen-bond acceptors (Lipinski definition) is 4. The van der Waals surface area contributed by atoms with Crippen molar-refractivity contribution in [2.24, 2.45) is 4.99 Å². The van der Waals surface area contributed by atoms with Crippen LogP contribution in [0.25, 0.3) is 0 Å². The second-order valence-electron chi connectivity index (χ2n) is 3.77. The van der Waals surface area contributed by atoms with Crippen molar-refractivity contribution < 1.29 is 0 Å². The molecule has 18 heavy (non-hydrogen) atoms. The van der Waals surface area contributed by atoms with Crippen molar-refractivity contribution in [1.82, 2.24) is 0 Å². The van der Waals surface area contributed by atoms with E-state index in [1.54, 1.807) is 12.4 Å². The molecular formula is C14H20N2S2. The lowest BCUT2D eigenvalue weighted by Gasteiger charge is -2.02. The summed E-state index contributed by atoms with van der Waals surface area (Å²) < 4.78 is 0. The molecule has 98 valence electrons. The first-order chi connectivity index (χ1) is 8.47. The molecule has 0 saturated carbocycles. The molecule has 0 atom stereocenters. The number of aliphatic imine (C=N–C) groups is 1. The topological polar surface area (TPSA) is 36.2 Å². The van der Waals surface area contributed by atoms with E-state index in [0.717, 1.165) is 21.6 Å². The minimum Gasteiger partial charge on any atom is -0.308 e. The molecule has 2 nitrogen and oxygen atoms in total. The van der Waals surface area contributed by atoms with Gasteiger partial charge in [-0.05, 0) is 27.7 Å². The molecule has 0 amide bonds. The van der Waals surface area contributed by atoms with Crippen molar-refractivity contribution in [1.29, 1.82) is 5.41 Å². The first kappa shape index (κ1) is 17.0. The van der Waals surface area contributed by atoms with E-state index in [1.807, 2.05) is 39.8 Å². The Kier molecular flexibility index (Phi) is 8.50. The molecule has 0 radical (unpaired) electrons. The van der Waals surface area contributed by atoms with Crippen LogP contribution in [-0.2, 0) is 0 Å². The molecule has 0 fully saturated rings. The van der Waals surface area contributed by atoms with Gasteiger partial charge in [0, 0.05) is 39.6 Å². The SMILES string of the molecule is C/C=C(/C=N\C=C(S)/C(C=N)=C\C)C(S)=C(C)C. The second kappa shape index (κ2) is 9.00. The predicted octanol–water partition coefficient (Wildman–Crippen LogP) is 4.59. The lowest BCUT2D eigenvalue weighted by molar-refractivity contribution is 1.36. The Morgan fingerprint density at radius 3 is 2.00 bits per heavy atom. The minimum absolute atomic E-state index is 0.664. The van der Waals surface area contributed by atoms with Gasteiger partial charge in [-0.2, -0.15) is 0 Å². The fourth-order valence-electron chi connectivity index (χ4n) is 1.13. The van der Waals surface area contributed by atoms with Gasteiger partial charge >= 0.3 is 0 Å². The fraction of sp³-hybridized carbons (Fsp3) is 0.286. The highest BCUT2D eigenvalue weighted by Gasteiger charge is 1.98. The van der Waals surface area contributed by atoms with Gasteiger partial charge in [0.05, 0.1) is 0 Å². The third kappa shape index (κ3) is 5.56. The number of hydrogen-bond donors (Lipinski definition) is 3. The standard InChI is InChI=1S/C14H20N2S2/c1-5-11(7-15)13(17)9-16-8-12(6-2)14(18)10(3)4/h5-9,15,17-18H,1-4H3/b11-5-,12-6-,13-9+,15-7?,16-8-. The largest absolute Gasteiger partial charge is 0.308 e. The van der Waals surface area contributed by atoms with E-state index in [0.29, 0.717) is 4.91 Å². The lowest BCUT2D eigenvalue weighted by Crippen LogP contribution is -1.88. The number of nitrogens with zero attached hydrogens (tertiary/aromatic N) is 1. The first-order valence-corrected chi connectivity index (χ1v) is 6.49. The monoisotopic (exact) mass is 280 g/mol. The zero-order valence-electron chi connectivity index (χ0n) is 11.2. The zero-order chi connectivity index (χ0) is 14.1. The summed E-state index contributed by atoms with van der Waals surface area (Å²) in [6.07, 6.45) is 8.39. The van der Waals surface area contributed by atoms with E-state index in [9.17, 15) is 0 Å².